The van der Waals surface area contributed by atoms with Crippen molar-refractivity contribution in [1.29, 1.82) is 5.26 Å². The van der Waals surface area contributed by atoms with Crippen LogP contribution >= 0.6 is 0 Å². The maximum absolute atomic E-state index is 13.0. The number of likely N-dealkylation sites (tertiary alicyclic amines) is 1. The highest BCUT2D eigenvalue weighted by molar-refractivity contribution is 6.02. The van der Waals surface area contributed by atoms with Crippen LogP contribution in [0.1, 0.15) is 24.8 Å². The lowest BCUT2D eigenvalue weighted by Gasteiger charge is -2.26. The Morgan fingerprint density at radius 2 is 1.78 bits per heavy atom. The number of para-hydroxylation sites is 2. The van der Waals surface area contributed by atoms with E-state index in [0.29, 0.717) is 30.1 Å². The summed E-state index contributed by atoms with van der Waals surface area (Å²) in [5.41, 5.74) is 3.00. The second kappa shape index (κ2) is 8.56. The summed E-state index contributed by atoms with van der Waals surface area (Å²) < 4.78 is 7.80. The van der Waals surface area contributed by atoms with Crippen molar-refractivity contribution in [2.24, 2.45) is 0 Å². The smallest absolute Gasteiger partial charge is 0.264 e. The summed E-state index contributed by atoms with van der Waals surface area (Å²) in [5, 5.41) is 15.5. The highest BCUT2D eigenvalue weighted by atomic mass is 16.3. The number of hydrogen-bond acceptors (Lipinski definition) is 4. The van der Waals surface area contributed by atoms with Gasteiger partial charge >= 0.3 is 0 Å². The van der Waals surface area contributed by atoms with Crippen molar-refractivity contribution in [3.8, 4) is 23.2 Å². The molecule has 0 N–H and O–H groups in total. The van der Waals surface area contributed by atoms with Crippen LogP contribution in [0.2, 0.25) is 0 Å². The zero-order valence-corrected chi connectivity index (χ0v) is 17.6. The number of aromatic nitrogens is 2. The van der Waals surface area contributed by atoms with Crippen LogP contribution in [0, 0.1) is 11.3 Å². The Balaban J connectivity index is 1.61. The molecular formula is C26H22N4O2. The molecule has 0 unspecified atom stereocenters. The third kappa shape index (κ3) is 3.81. The number of rotatable bonds is 4. The second-order valence-corrected chi connectivity index (χ2v) is 7.88. The average Bonchev–Trinajstić information content (AvgIpc) is 3.47. The van der Waals surface area contributed by atoms with E-state index in [0.717, 1.165) is 35.9 Å². The van der Waals surface area contributed by atoms with Gasteiger partial charge in [-0.3, -0.25) is 4.79 Å². The van der Waals surface area contributed by atoms with Gasteiger partial charge in [0.05, 0.1) is 5.69 Å². The summed E-state index contributed by atoms with van der Waals surface area (Å²) >= 11 is 0. The predicted molar refractivity (Wildman–Crippen MR) is 123 cm³/mol. The molecule has 5 rings (SSSR count). The quantitative estimate of drug-likeness (QED) is 0.334. The van der Waals surface area contributed by atoms with Gasteiger partial charge in [0.2, 0.25) is 0 Å². The van der Waals surface area contributed by atoms with Gasteiger partial charge in [-0.2, -0.15) is 10.4 Å². The van der Waals surface area contributed by atoms with Gasteiger partial charge in [0, 0.05) is 30.2 Å². The van der Waals surface area contributed by atoms with Crippen molar-refractivity contribution in [2.45, 2.75) is 19.3 Å². The molecule has 1 aliphatic heterocycles. The molecule has 6 heteroatoms. The Labute approximate surface area is 186 Å². The van der Waals surface area contributed by atoms with Gasteiger partial charge in [0.15, 0.2) is 5.76 Å². The predicted octanol–water partition coefficient (Wildman–Crippen LogP) is 5.20. The fourth-order valence-corrected chi connectivity index (χ4v) is 4.06. The van der Waals surface area contributed by atoms with Crippen molar-refractivity contribution < 1.29 is 9.21 Å². The summed E-state index contributed by atoms with van der Waals surface area (Å²) in [6, 6.07) is 21.5. The fraction of sp³-hybridized carbons (Fsp3) is 0.192. The van der Waals surface area contributed by atoms with Crippen molar-refractivity contribution in [2.75, 3.05) is 13.1 Å². The summed E-state index contributed by atoms with van der Waals surface area (Å²) in [7, 11) is 0. The minimum atomic E-state index is -0.227. The lowest BCUT2D eigenvalue weighted by atomic mass is 10.1. The molecule has 1 fully saturated rings. The van der Waals surface area contributed by atoms with Crippen LogP contribution in [0.4, 0.5) is 0 Å². The monoisotopic (exact) mass is 422 g/mol. The molecule has 0 aliphatic carbocycles. The first-order valence-electron chi connectivity index (χ1n) is 10.8. The molecule has 0 radical (unpaired) electrons. The number of piperidine rings is 1. The molecule has 0 bridgehead atoms. The van der Waals surface area contributed by atoms with Gasteiger partial charge in [-0.15, -0.1) is 0 Å². The minimum Gasteiger partial charge on any atom is -0.454 e. The first-order valence-corrected chi connectivity index (χ1v) is 10.8. The topological polar surface area (TPSA) is 75.1 Å². The Morgan fingerprint density at radius 3 is 2.53 bits per heavy atom. The summed E-state index contributed by atoms with van der Waals surface area (Å²) in [6.45, 7) is 1.38. The summed E-state index contributed by atoms with van der Waals surface area (Å²) in [5.74, 6) is 0.366. The Hall–Kier alpha value is -4.11. The third-order valence-corrected chi connectivity index (χ3v) is 5.72. The van der Waals surface area contributed by atoms with Crippen LogP contribution in [-0.2, 0) is 4.79 Å². The molecule has 32 heavy (non-hydrogen) atoms. The standard InChI is InChI=1S/C26H22N4O2/c27-17-20(26(31)29-13-7-2-8-14-29)15-21-18-30(22-10-3-1-4-11-22)28-25(21)24-16-19-9-5-6-12-23(19)32-24/h1,3-6,9-12,15-16,18H,2,7-8,13-14H2/b20-15-. The van der Waals surface area contributed by atoms with Crippen molar-refractivity contribution >= 4 is 23.0 Å². The molecule has 2 aromatic heterocycles. The molecule has 1 amide bonds. The van der Waals surface area contributed by atoms with Crippen LogP contribution < -0.4 is 0 Å². The van der Waals surface area contributed by atoms with E-state index in [1.165, 1.54) is 0 Å². The highest BCUT2D eigenvalue weighted by Gasteiger charge is 2.22. The van der Waals surface area contributed by atoms with Gasteiger partial charge in [-0.05, 0) is 49.6 Å². The van der Waals surface area contributed by atoms with Crippen LogP contribution in [0.5, 0.6) is 0 Å². The average molecular weight is 422 g/mol. The molecule has 4 aromatic rings. The van der Waals surface area contributed by atoms with Gasteiger partial charge < -0.3 is 9.32 Å². The Morgan fingerprint density at radius 1 is 1.03 bits per heavy atom. The number of benzene rings is 2. The van der Waals surface area contributed by atoms with Gasteiger partial charge in [-0.1, -0.05) is 36.4 Å². The molecule has 2 aromatic carbocycles. The number of carbonyl (C=O) groups is 1. The van der Waals surface area contributed by atoms with Crippen LogP contribution in [0.3, 0.4) is 0 Å². The van der Waals surface area contributed by atoms with Crippen LogP contribution in [-0.4, -0.2) is 33.7 Å². The SMILES string of the molecule is N#C/C(=C/c1cn(-c2ccccc2)nc1-c1cc2ccccc2o1)C(=O)N1CCCCC1. The zero-order valence-electron chi connectivity index (χ0n) is 17.6. The first-order chi connectivity index (χ1) is 15.7. The van der Waals surface area contributed by atoms with E-state index in [1.54, 1.807) is 15.7 Å². The van der Waals surface area contributed by atoms with E-state index in [1.807, 2.05) is 66.9 Å². The normalized spacial score (nSPS) is 14.5. The van der Waals surface area contributed by atoms with Gasteiger partial charge in [0.1, 0.15) is 22.9 Å². The maximum atomic E-state index is 13.0. The molecule has 3 heterocycles. The highest BCUT2D eigenvalue weighted by Crippen LogP contribution is 2.31. The van der Waals surface area contributed by atoms with Gasteiger partial charge in [-0.25, -0.2) is 4.68 Å². The zero-order chi connectivity index (χ0) is 21.9. The van der Waals surface area contributed by atoms with E-state index in [2.05, 4.69) is 6.07 Å². The molecule has 158 valence electrons. The summed E-state index contributed by atoms with van der Waals surface area (Å²) in [4.78, 5) is 14.7. The van der Waals surface area contributed by atoms with Crippen LogP contribution in [0.15, 0.2) is 76.9 Å². The molecule has 0 atom stereocenters. The molecule has 6 nitrogen and oxygen atoms in total. The summed E-state index contributed by atoms with van der Waals surface area (Å²) in [6.07, 6.45) is 6.53. The maximum Gasteiger partial charge on any atom is 0.264 e. The lowest BCUT2D eigenvalue weighted by Crippen LogP contribution is -2.36. The van der Waals surface area contributed by atoms with E-state index in [9.17, 15) is 10.1 Å². The second-order valence-electron chi connectivity index (χ2n) is 7.88. The van der Waals surface area contributed by atoms with Crippen LogP contribution in [0.25, 0.3) is 34.2 Å². The fourth-order valence-electron chi connectivity index (χ4n) is 4.06. The Kier molecular flexibility index (Phi) is 5.30. The van der Waals surface area contributed by atoms with Crippen molar-refractivity contribution in [1.82, 2.24) is 14.7 Å². The number of amides is 1. The number of furan rings is 1. The van der Waals surface area contributed by atoms with Crippen molar-refractivity contribution in [3.05, 3.63) is 78.0 Å². The number of nitriles is 1. The number of nitrogens with zero attached hydrogens (tertiary/aromatic N) is 4. The molecule has 1 saturated heterocycles. The largest absolute Gasteiger partial charge is 0.454 e. The van der Waals surface area contributed by atoms with Crippen molar-refractivity contribution in [3.63, 3.8) is 0 Å². The van der Waals surface area contributed by atoms with E-state index < -0.39 is 0 Å². The van der Waals surface area contributed by atoms with E-state index in [4.69, 9.17) is 9.52 Å². The van der Waals surface area contributed by atoms with Gasteiger partial charge in [0.25, 0.3) is 5.91 Å². The lowest BCUT2D eigenvalue weighted by molar-refractivity contribution is -0.127. The number of carbonyl (C=O) groups excluding carboxylic acids is 1. The van der Waals surface area contributed by atoms with E-state index >= 15 is 0 Å². The number of hydrogen-bond donors (Lipinski definition) is 0. The number of fused-ring (bicyclic) bond motifs is 1. The molecule has 0 spiro atoms. The minimum absolute atomic E-state index is 0.108. The Bertz CT molecular complexity index is 1300. The third-order valence-electron chi connectivity index (χ3n) is 5.72. The molecular weight excluding hydrogens is 400 g/mol. The van der Waals surface area contributed by atoms with E-state index in [-0.39, 0.29) is 11.5 Å². The molecule has 1 aliphatic rings. The molecule has 0 saturated carbocycles. The first kappa shape index (κ1) is 19.8.